The van der Waals surface area contributed by atoms with E-state index < -0.39 is 0 Å². The zero-order valence-electron chi connectivity index (χ0n) is 13.0. The van der Waals surface area contributed by atoms with E-state index in [1.165, 1.54) is 0 Å². The van der Waals surface area contributed by atoms with Crippen molar-refractivity contribution in [2.45, 2.75) is 6.92 Å². The molecule has 0 aromatic heterocycles. The fourth-order valence-corrected chi connectivity index (χ4v) is 2.39. The highest BCUT2D eigenvalue weighted by molar-refractivity contribution is 6.43. The summed E-state index contributed by atoms with van der Waals surface area (Å²) in [6.45, 7) is 2.40. The van der Waals surface area contributed by atoms with Gasteiger partial charge in [0.05, 0.1) is 22.3 Å². The van der Waals surface area contributed by atoms with Crippen molar-refractivity contribution >= 4 is 46.4 Å². The first-order valence-corrected chi connectivity index (χ1v) is 8.13. The molecule has 2 aromatic carbocycles. The summed E-state index contributed by atoms with van der Waals surface area (Å²) in [7, 11) is 0. The van der Waals surface area contributed by atoms with Crippen molar-refractivity contribution in [3.63, 3.8) is 0 Å². The summed E-state index contributed by atoms with van der Waals surface area (Å²) in [5.74, 6) is -0.448. The van der Waals surface area contributed by atoms with Gasteiger partial charge in [-0.3, -0.25) is 9.59 Å². The third-order valence-electron chi connectivity index (χ3n) is 3.14. The number of carbonyl (C=O) groups is 2. The van der Waals surface area contributed by atoms with Crippen molar-refractivity contribution < 1.29 is 9.59 Å². The summed E-state index contributed by atoms with van der Waals surface area (Å²) in [5.41, 5.74) is 1.61. The molecule has 0 bridgehead atoms. The molecule has 0 spiro atoms. The van der Waals surface area contributed by atoms with E-state index in [0.29, 0.717) is 33.5 Å². The summed E-state index contributed by atoms with van der Waals surface area (Å²) < 4.78 is 0. The smallest absolute Gasteiger partial charge is 0.251 e. The van der Waals surface area contributed by atoms with Gasteiger partial charge in [0.25, 0.3) is 5.91 Å². The quantitative estimate of drug-likeness (QED) is 0.729. The Bertz CT molecular complexity index is 750. The van der Waals surface area contributed by atoms with Crippen molar-refractivity contribution in [3.05, 3.63) is 58.1 Å². The van der Waals surface area contributed by atoms with Gasteiger partial charge in [-0.05, 0) is 37.3 Å². The Labute approximate surface area is 150 Å². The van der Waals surface area contributed by atoms with Crippen LogP contribution in [0.1, 0.15) is 17.3 Å². The molecule has 2 amide bonds. The van der Waals surface area contributed by atoms with Crippen LogP contribution in [0.5, 0.6) is 0 Å². The summed E-state index contributed by atoms with van der Waals surface area (Å²) in [4.78, 5) is 23.8. The number of rotatable bonds is 6. The van der Waals surface area contributed by atoms with Gasteiger partial charge in [-0.25, -0.2) is 0 Å². The largest absolute Gasteiger partial charge is 0.375 e. The molecule has 0 aliphatic heterocycles. The second kappa shape index (κ2) is 8.57. The van der Waals surface area contributed by atoms with Crippen LogP contribution < -0.4 is 16.0 Å². The Balaban J connectivity index is 1.96. The van der Waals surface area contributed by atoms with E-state index in [1.807, 2.05) is 6.92 Å². The Hall–Kier alpha value is -2.24. The third kappa shape index (κ3) is 4.88. The molecule has 0 heterocycles. The highest BCUT2D eigenvalue weighted by Crippen LogP contribution is 2.29. The van der Waals surface area contributed by atoms with Crippen LogP contribution in [-0.4, -0.2) is 24.9 Å². The lowest BCUT2D eigenvalue weighted by atomic mass is 10.2. The molecule has 0 saturated heterocycles. The minimum absolute atomic E-state index is 0.0193. The summed E-state index contributed by atoms with van der Waals surface area (Å²) >= 11 is 12.0. The Kier molecular flexibility index (Phi) is 6.46. The molecule has 126 valence electrons. The van der Waals surface area contributed by atoms with Crippen LogP contribution >= 0.6 is 23.2 Å². The molecule has 0 saturated carbocycles. The zero-order chi connectivity index (χ0) is 17.5. The van der Waals surface area contributed by atoms with Gasteiger partial charge in [0.2, 0.25) is 5.91 Å². The Morgan fingerprint density at radius 3 is 2.58 bits per heavy atom. The average Bonchev–Trinajstić information content (AvgIpc) is 2.56. The van der Waals surface area contributed by atoms with Crippen molar-refractivity contribution in [3.8, 4) is 0 Å². The molecule has 2 aromatic rings. The molecular formula is C17H17Cl2N3O2. The maximum atomic E-state index is 12.0. The number of anilines is 2. The SMILES string of the molecule is CCNC(=O)c1cccc(NC(=O)CNc2cccc(Cl)c2Cl)c1. The van der Waals surface area contributed by atoms with Crippen molar-refractivity contribution in [1.29, 1.82) is 0 Å². The molecule has 0 aliphatic carbocycles. The summed E-state index contributed by atoms with van der Waals surface area (Å²) in [5, 5.41) is 9.14. The van der Waals surface area contributed by atoms with E-state index in [0.717, 1.165) is 0 Å². The monoisotopic (exact) mass is 365 g/mol. The Morgan fingerprint density at radius 1 is 1.08 bits per heavy atom. The van der Waals surface area contributed by atoms with Gasteiger partial charge >= 0.3 is 0 Å². The standard InChI is InChI=1S/C17H17Cl2N3O2/c1-2-20-17(24)11-5-3-6-12(9-11)22-15(23)10-21-14-8-4-7-13(18)16(14)19/h3-9,21H,2,10H2,1H3,(H,20,24)(H,22,23). The van der Waals surface area contributed by atoms with Gasteiger partial charge in [-0.2, -0.15) is 0 Å². The van der Waals surface area contributed by atoms with E-state index in [1.54, 1.807) is 42.5 Å². The van der Waals surface area contributed by atoms with Crippen LogP contribution in [0, 0.1) is 0 Å². The van der Waals surface area contributed by atoms with Crippen LogP contribution in [0.25, 0.3) is 0 Å². The lowest BCUT2D eigenvalue weighted by molar-refractivity contribution is -0.114. The number of hydrogen-bond donors (Lipinski definition) is 3. The molecule has 0 atom stereocenters. The number of amides is 2. The van der Waals surface area contributed by atoms with E-state index in [2.05, 4.69) is 16.0 Å². The number of halogens is 2. The van der Waals surface area contributed by atoms with Crippen LogP contribution in [0.3, 0.4) is 0 Å². The van der Waals surface area contributed by atoms with Crippen LogP contribution in [0.4, 0.5) is 11.4 Å². The molecule has 0 aliphatic rings. The first-order chi connectivity index (χ1) is 11.5. The Morgan fingerprint density at radius 2 is 1.83 bits per heavy atom. The highest BCUT2D eigenvalue weighted by Gasteiger charge is 2.09. The van der Waals surface area contributed by atoms with E-state index in [4.69, 9.17) is 23.2 Å². The maximum absolute atomic E-state index is 12.0. The van der Waals surface area contributed by atoms with Crippen LogP contribution in [0.15, 0.2) is 42.5 Å². The molecular weight excluding hydrogens is 349 g/mol. The summed E-state index contributed by atoms with van der Waals surface area (Å²) in [6.07, 6.45) is 0. The number of hydrogen-bond acceptors (Lipinski definition) is 3. The van der Waals surface area contributed by atoms with Gasteiger partial charge in [0, 0.05) is 17.8 Å². The highest BCUT2D eigenvalue weighted by atomic mass is 35.5. The van der Waals surface area contributed by atoms with Gasteiger partial charge in [0.1, 0.15) is 0 Å². The first-order valence-electron chi connectivity index (χ1n) is 7.37. The number of carbonyl (C=O) groups excluding carboxylic acids is 2. The minimum Gasteiger partial charge on any atom is -0.375 e. The van der Waals surface area contributed by atoms with Gasteiger partial charge in [-0.1, -0.05) is 35.3 Å². The summed E-state index contributed by atoms with van der Waals surface area (Å²) in [6, 6.07) is 11.9. The second-order valence-electron chi connectivity index (χ2n) is 4.94. The van der Waals surface area contributed by atoms with E-state index >= 15 is 0 Å². The first kappa shape index (κ1) is 18.1. The predicted octanol–water partition coefficient (Wildman–Crippen LogP) is 3.79. The molecule has 7 heteroatoms. The van der Waals surface area contributed by atoms with Crippen molar-refractivity contribution in [1.82, 2.24) is 5.32 Å². The van der Waals surface area contributed by atoms with Crippen LogP contribution in [-0.2, 0) is 4.79 Å². The topological polar surface area (TPSA) is 70.2 Å². The zero-order valence-corrected chi connectivity index (χ0v) is 14.5. The lowest BCUT2D eigenvalue weighted by Crippen LogP contribution is -2.24. The van der Waals surface area contributed by atoms with Crippen molar-refractivity contribution in [2.75, 3.05) is 23.7 Å². The molecule has 2 rings (SSSR count). The number of nitrogens with one attached hydrogen (secondary N) is 3. The molecule has 0 radical (unpaired) electrons. The average molecular weight is 366 g/mol. The van der Waals surface area contributed by atoms with E-state index in [9.17, 15) is 9.59 Å². The molecule has 3 N–H and O–H groups in total. The third-order valence-corrected chi connectivity index (χ3v) is 3.96. The predicted molar refractivity (Wildman–Crippen MR) is 98.0 cm³/mol. The second-order valence-corrected chi connectivity index (χ2v) is 5.73. The maximum Gasteiger partial charge on any atom is 0.251 e. The van der Waals surface area contributed by atoms with E-state index in [-0.39, 0.29) is 18.4 Å². The fraction of sp³-hybridized carbons (Fsp3) is 0.176. The minimum atomic E-state index is -0.265. The normalized spacial score (nSPS) is 10.1. The molecule has 5 nitrogen and oxygen atoms in total. The van der Waals surface area contributed by atoms with Gasteiger partial charge < -0.3 is 16.0 Å². The van der Waals surface area contributed by atoms with Gasteiger partial charge in [-0.15, -0.1) is 0 Å². The van der Waals surface area contributed by atoms with Gasteiger partial charge in [0.15, 0.2) is 0 Å². The fourth-order valence-electron chi connectivity index (χ4n) is 2.02. The number of benzene rings is 2. The van der Waals surface area contributed by atoms with Crippen LogP contribution in [0.2, 0.25) is 10.0 Å². The van der Waals surface area contributed by atoms with Crippen molar-refractivity contribution in [2.24, 2.45) is 0 Å². The molecule has 24 heavy (non-hydrogen) atoms. The molecule has 0 fully saturated rings. The molecule has 0 unspecified atom stereocenters. The lowest BCUT2D eigenvalue weighted by Gasteiger charge is -2.10.